The van der Waals surface area contributed by atoms with Gasteiger partial charge < -0.3 is 5.73 Å². The molecule has 1 saturated carbocycles. The molecule has 1 aliphatic rings. The highest BCUT2D eigenvalue weighted by atomic mass is 14.6. The fourth-order valence-electron chi connectivity index (χ4n) is 2.84. The molecule has 0 atom stereocenters. The number of nitrogens with two attached hydrogens (primary N) is 1. The Hall–Kier alpha value is -0.0400. The Balaban J connectivity index is 2.30. The van der Waals surface area contributed by atoms with Gasteiger partial charge in [-0.15, -0.1) is 0 Å². The number of rotatable bonds is 5. The minimum absolute atomic E-state index is 0.492. The van der Waals surface area contributed by atoms with Gasteiger partial charge in [-0.3, -0.25) is 0 Å². The van der Waals surface area contributed by atoms with Crippen molar-refractivity contribution in [3.63, 3.8) is 0 Å². The summed E-state index contributed by atoms with van der Waals surface area (Å²) in [5.74, 6) is 0.956. The van der Waals surface area contributed by atoms with Crippen LogP contribution in [0.3, 0.4) is 0 Å². The maximum Gasteiger partial charge on any atom is 0.00392 e. The first-order valence-corrected chi connectivity index (χ1v) is 6.85. The molecule has 1 fully saturated rings. The second kappa shape index (κ2) is 5.89. The van der Waals surface area contributed by atoms with Crippen LogP contribution >= 0.6 is 0 Å². The predicted octanol–water partition coefficient (Wildman–Crippen LogP) is 4.11. The highest BCUT2D eigenvalue weighted by Crippen LogP contribution is 2.40. The third kappa shape index (κ3) is 4.14. The van der Waals surface area contributed by atoms with E-state index >= 15 is 0 Å². The summed E-state index contributed by atoms with van der Waals surface area (Å²) < 4.78 is 0. The first kappa shape index (κ1) is 13.0. The van der Waals surface area contributed by atoms with Crippen LogP contribution in [0.5, 0.6) is 0 Å². The van der Waals surface area contributed by atoms with E-state index in [0.717, 1.165) is 5.92 Å². The second-order valence-electron chi connectivity index (χ2n) is 5.87. The lowest BCUT2D eigenvalue weighted by Gasteiger charge is -2.37. The van der Waals surface area contributed by atoms with Gasteiger partial charge >= 0.3 is 0 Å². The third-order valence-corrected chi connectivity index (χ3v) is 4.55. The Labute approximate surface area is 95.8 Å². The van der Waals surface area contributed by atoms with Crippen molar-refractivity contribution in [2.45, 2.75) is 78.2 Å². The molecule has 1 heteroatoms. The fraction of sp³-hybridized carbons (Fsp3) is 1.00. The summed E-state index contributed by atoms with van der Waals surface area (Å²) >= 11 is 0. The van der Waals surface area contributed by atoms with E-state index in [9.17, 15) is 0 Å². The number of hydrogen-bond donors (Lipinski definition) is 1. The quantitative estimate of drug-likeness (QED) is 0.727. The molecule has 0 unspecified atom stereocenters. The van der Waals surface area contributed by atoms with E-state index in [4.69, 9.17) is 5.73 Å². The van der Waals surface area contributed by atoms with E-state index in [1.807, 2.05) is 0 Å². The maximum absolute atomic E-state index is 5.96. The van der Waals surface area contributed by atoms with Gasteiger partial charge in [-0.25, -0.2) is 0 Å². The van der Waals surface area contributed by atoms with Gasteiger partial charge in [0.15, 0.2) is 0 Å². The standard InChI is InChI=1S/C14H29N/c1-4-12(5-2)6-9-14(3)10-7-13(15)8-11-14/h12-13H,4-11,15H2,1-3H3. The second-order valence-corrected chi connectivity index (χ2v) is 5.87. The van der Waals surface area contributed by atoms with Gasteiger partial charge in [-0.2, -0.15) is 0 Å². The van der Waals surface area contributed by atoms with Gasteiger partial charge in [0.2, 0.25) is 0 Å². The molecule has 2 N–H and O–H groups in total. The van der Waals surface area contributed by atoms with Gasteiger partial charge in [0.05, 0.1) is 0 Å². The van der Waals surface area contributed by atoms with Crippen LogP contribution in [0.25, 0.3) is 0 Å². The van der Waals surface area contributed by atoms with Crippen LogP contribution in [0.15, 0.2) is 0 Å². The van der Waals surface area contributed by atoms with Crippen LogP contribution in [-0.4, -0.2) is 6.04 Å². The summed E-state index contributed by atoms with van der Waals surface area (Å²) in [5, 5.41) is 0. The van der Waals surface area contributed by atoms with Crippen molar-refractivity contribution in [3.8, 4) is 0 Å². The number of hydrogen-bond acceptors (Lipinski definition) is 1. The molecular weight excluding hydrogens is 182 g/mol. The smallest absolute Gasteiger partial charge is 0.00392 e. The monoisotopic (exact) mass is 211 g/mol. The van der Waals surface area contributed by atoms with Gasteiger partial charge in [0, 0.05) is 6.04 Å². The molecule has 0 amide bonds. The van der Waals surface area contributed by atoms with E-state index in [2.05, 4.69) is 20.8 Å². The van der Waals surface area contributed by atoms with E-state index in [-0.39, 0.29) is 0 Å². The topological polar surface area (TPSA) is 26.0 Å². The molecular formula is C14H29N. The zero-order valence-electron chi connectivity index (χ0n) is 10.9. The van der Waals surface area contributed by atoms with E-state index in [0.29, 0.717) is 11.5 Å². The summed E-state index contributed by atoms with van der Waals surface area (Å²) in [7, 11) is 0. The summed E-state index contributed by atoms with van der Waals surface area (Å²) in [5.41, 5.74) is 6.57. The molecule has 0 aromatic carbocycles. The molecule has 0 saturated heterocycles. The average molecular weight is 211 g/mol. The van der Waals surface area contributed by atoms with Crippen molar-refractivity contribution < 1.29 is 0 Å². The van der Waals surface area contributed by atoms with Crippen molar-refractivity contribution >= 4 is 0 Å². The SMILES string of the molecule is CCC(CC)CCC1(C)CCC(N)CC1. The zero-order valence-corrected chi connectivity index (χ0v) is 10.9. The fourth-order valence-corrected chi connectivity index (χ4v) is 2.84. The molecule has 0 spiro atoms. The molecule has 15 heavy (non-hydrogen) atoms. The van der Waals surface area contributed by atoms with Crippen LogP contribution in [0.2, 0.25) is 0 Å². The summed E-state index contributed by atoms with van der Waals surface area (Å²) in [6, 6.07) is 0.492. The Morgan fingerprint density at radius 2 is 1.73 bits per heavy atom. The predicted molar refractivity (Wildman–Crippen MR) is 67.9 cm³/mol. The molecule has 0 heterocycles. The van der Waals surface area contributed by atoms with E-state index in [1.54, 1.807) is 0 Å². The molecule has 0 aliphatic heterocycles. The molecule has 0 aromatic heterocycles. The summed E-state index contributed by atoms with van der Waals surface area (Å²) in [6.45, 7) is 7.13. The Morgan fingerprint density at radius 3 is 2.20 bits per heavy atom. The highest BCUT2D eigenvalue weighted by Gasteiger charge is 2.29. The van der Waals surface area contributed by atoms with Gasteiger partial charge in [0.25, 0.3) is 0 Å². The van der Waals surface area contributed by atoms with Gasteiger partial charge in [0.1, 0.15) is 0 Å². The first-order valence-electron chi connectivity index (χ1n) is 6.85. The van der Waals surface area contributed by atoms with Crippen molar-refractivity contribution in [3.05, 3.63) is 0 Å². The Morgan fingerprint density at radius 1 is 1.20 bits per heavy atom. The average Bonchev–Trinajstić information content (AvgIpc) is 2.25. The van der Waals surface area contributed by atoms with Crippen molar-refractivity contribution in [1.82, 2.24) is 0 Å². The van der Waals surface area contributed by atoms with Gasteiger partial charge in [-0.1, -0.05) is 33.6 Å². The lowest BCUT2D eigenvalue weighted by atomic mass is 9.70. The lowest BCUT2D eigenvalue weighted by molar-refractivity contribution is 0.168. The van der Waals surface area contributed by atoms with Crippen LogP contribution in [0.4, 0.5) is 0 Å². The Bertz CT molecular complexity index is 164. The minimum Gasteiger partial charge on any atom is -0.328 e. The van der Waals surface area contributed by atoms with Crippen LogP contribution in [0, 0.1) is 11.3 Å². The van der Waals surface area contributed by atoms with Crippen LogP contribution in [-0.2, 0) is 0 Å². The largest absolute Gasteiger partial charge is 0.328 e. The zero-order chi connectivity index (χ0) is 11.3. The van der Waals surface area contributed by atoms with Gasteiger partial charge in [-0.05, 0) is 49.9 Å². The minimum atomic E-state index is 0.492. The highest BCUT2D eigenvalue weighted by molar-refractivity contribution is 4.84. The van der Waals surface area contributed by atoms with Crippen molar-refractivity contribution in [1.29, 1.82) is 0 Å². The molecule has 1 aliphatic carbocycles. The molecule has 0 radical (unpaired) electrons. The van der Waals surface area contributed by atoms with Crippen molar-refractivity contribution in [2.24, 2.45) is 17.1 Å². The van der Waals surface area contributed by atoms with E-state index in [1.165, 1.54) is 51.4 Å². The molecule has 0 bridgehead atoms. The summed E-state index contributed by atoms with van der Waals surface area (Å²) in [6.07, 6.45) is 10.8. The molecule has 90 valence electrons. The van der Waals surface area contributed by atoms with Crippen LogP contribution < -0.4 is 5.73 Å². The molecule has 1 rings (SSSR count). The van der Waals surface area contributed by atoms with E-state index < -0.39 is 0 Å². The van der Waals surface area contributed by atoms with Crippen LogP contribution in [0.1, 0.15) is 72.1 Å². The molecule has 1 nitrogen and oxygen atoms in total. The maximum atomic E-state index is 5.96. The lowest BCUT2D eigenvalue weighted by Crippen LogP contribution is -2.32. The summed E-state index contributed by atoms with van der Waals surface area (Å²) in [4.78, 5) is 0. The third-order valence-electron chi connectivity index (χ3n) is 4.55. The normalized spacial score (nSPS) is 32.2. The van der Waals surface area contributed by atoms with Crippen molar-refractivity contribution in [2.75, 3.05) is 0 Å². The Kier molecular flexibility index (Phi) is 5.11. The molecule has 0 aromatic rings. The first-order chi connectivity index (χ1) is 7.09.